The van der Waals surface area contributed by atoms with Gasteiger partial charge in [-0.2, -0.15) is 0 Å². The predicted molar refractivity (Wildman–Crippen MR) is 74.9 cm³/mol. The average Bonchev–Trinajstić information content (AvgIpc) is 2.69. The molecule has 98 valence electrons. The van der Waals surface area contributed by atoms with Crippen LogP contribution in [-0.4, -0.2) is 23.7 Å². The number of anilines is 1. The van der Waals surface area contributed by atoms with Gasteiger partial charge >= 0.3 is 0 Å². The lowest BCUT2D eigenvalue weighted by Gasteiger charge is -2.16. The molecule has 4 heteroatoms. The van der Waals surface area contributed by atoms with E-state index in [9.17, 15) is 5.11 Å². The summed E-state index contributed by atoms with van der Waals surface area (Å²) < 4.78 is 0. The van der Waals surface area contributed by atoms with Crippen molar-refractivity contribution in [1.82, 2.24) is 4.98 Å². The van der Waals surface area contributed by atoms with Crippen molar-refractivity contribution in [2.75, 3.05) is 18.5 Å². The predicted octanol–water partition coefficient (Wildman–Crippen LogP) is 3.24. The van der Waals surface area contributed by atoms with Gasteiger partial charge in [-0.15, -0.1) is 0 Å². The fourth-order valence-electron chi connectivity index (χ4n) is 1.63. The Balaban J connectivity index is 2.77. The van der Waals surface area contributed by atoms with Gasteiger partial charge in [0.2, 0.25) is 0 Å². The Morgan fingerprint density at radius 1 is 1.29 bits per heavy atom. The van der Waals surface area contributed by atoms with Crippen LogP contribution in [0.2, 0.25) is 0 Å². The average molecular weight is 256 g/mol. The monoisotopic (exact) mass is 256 g/mol. The molecule has 0 aliphatic heterocycles. The topological polar surface area (TPSA) is 36.4 Å². The second-order valence-corrected chi connectivity index (χ2v) is 6.28. The first-order valence-electron chi connectivity index (χ1n) is 6.27. The van der Waals surface area contributed by atoms with Gasteiger partial charge in [0.1, 0.15) is 0 Å². The summed E-state index contributed by atoms with van der Waals surface area (Å²) in [5.41, 5.74) is 1.05. The number of aliphatic hydroxyl groups excluding tert-OH is 1. The lowest BCUT2D eigenvalue weighted by atomic mass is 10.1. The highest BCUT2D eigenvalue weighted by atomic mass is 32.1. The molecule has 0 aliphatic carbocycles. The minimum absolute atomic E-state index is 0.100. The van der Waals surface area contributed by atoms with Crippen LogP contribution in [0, 0.1) is 5.92 Å². The van der Waals surface area contributed by atoms with Crippen LogP contribution in [0.25, 0.3) is 0 Å². The standard InChI is InChI=1S/C13H24N2OS/c1-9(2)6-7-15(5)13-14-12(10(3)4)11(8-16)17-13/h9-10,16H,6-8H2,1-5H3. The van der Waals surface area contributed by atoms with Crippen molar-refractivity contribution in [2.45, 2.75) is 46.6 Å². The van der Waals surface area contributed by atoms with Gasteiger partial charge in [-0.1, -0.05) is 39.0 Å². The lowest BCUT2D eigenvalue weighted by molar-refractivity contribution is 0.283. The van der Waals surface area contributed by atoms with Gasteiger partial charge in [-0.05, 0) is 18.3 Å². The molecule has 0 aromatic carbocycles. The van der Waals surface area contributed by atoms with Gasteiger partial charge in [-0.3, -0.25) is 0 Å². The highest BCUT2D eigenvalue weighted by Crippen LogP contribution is 2.30. The Labute approximate surface area is 108 Å². The van der Waals surface area contributed by atoms with E-state index in [0.29, 0.717) is 11.8 Å². The van der Waals surface area contributed by atoms with Crippen LogP contribution in [-0.2, 0) is 6.61 Å². The fraction of sp³-hybridized carbons (Fsp3) is 0.769. The summed E-state index contributed by atoms with van der Waals surface area (Å²) in [4.78, 5) is 7.84. The summed E-state index contributed by atoms with van der Waals surface area (Å²) in [6.45, 7) is 9.82. The van der Waals surface area contributed by atoms with E-state index in [4.69, 9.17) is 0 Å². The minimum Gasteiger partial charge on any atom is -0.391 e. The highest BCUT2D eigenvalue weighted by Gasteiger charge is 2.15. The van der Waals surface area contributed by atoms with Crippen LogP contribution in [0.15, 0.2) is 0 Å². The lowest BCUT2D eigenvalue weighted by Crippen LogP contribution is -2.19. The molecular weight excluding hydrogens is 232 g/mol. The first-order chi connectivity index (χ1) is 7.95. The number of rotatable bonds is 6. The Bertz CT molecular complexity index is 347. The van der Waals surface area contributed by atoms with E-state index >= 15 is 0 Å². The van der Waals surface area contributed by atoms with Gasteiger partial charge in [0.15, 0.2) is 5.13 Å². The van der Waals surface area contributed by atoms with Crippen molar-refractivity contribution >= 4 is 16.5 Å². The molecule has 3 nitrogen and oxygen atoms in total. The second kappa shape index (κ2) is 6.36. The molecule has 0 radical (unpaired) electrons. The van der Waals surface area contributed by atoms with Crippen molar-refractivity contribution in [3.63, 3.8) is 0 Å². The van der Waals surface area contributed by atoms with Crippen LogP contribution in [0.1, 0.15) is 50.6 Å². The quantitative estimate of drug-likeness (QED) is 0.849. The zero-order valence-corrected chi connectivity index (χ0v) is 12.3. The molecule has 17 heavy (non-hydrogen) atoms. The molecule has 0 atom stereocenters. The van der Waals surface area contributed by atoms with Crippen LogP contribution in [0.5, 0.6) is 0 Å². The van der Waals surface area contributed by atoms with Crippen molar-refractivity contribution in [3.05, 3.63) is 10.6 Å². The van der Waals surface area contributed by atoms with Gasteiger partial charge in [0.25, 0.3) is 0 Å². The summed E-state index contributed by atoms with van der Waals surface area (Å²) >= 11 is 1.61. The van der Waals surface area contributed by atoms with E-state index in [1.165, 1.54) is 6.42 Å². The number of hydrogen-bond acceptors (Lipinski definition) is 4. The molecule has 0 amide bonds. The van der Waals surface area contributed by atoms with Crippen molar-refractivity contribution in [3.8, 4) is 0 Å². The molecule has 0 spiro atoms. The largest absolute Gasteiger partial charge is 0.391 e. The summed E-state index contributed by atoms with van der Waals surface area (Å²) in [7, 11) is 2.08. The number of thiazole rings is 1. The molecule has 0 aliphatic rings. The molecule has 0 unspecified atom stereocenters. The number of aliphatic hydroxyl groups is 1. The summed E-state index contributed by atoms with van der Waals surface area (Å²) in [5.74, 6) is 1.08. The Kier molecular flexibility index (Phi) is 5.40. The smallest absolute Gasteiger partial charge is 0.185 e. The maximum atomic E-state index is 9.33. The van der Waals surface area contributed by atoms with Crippen molar-refractivity contribution in [1.29, 1.82) is 0 Å². The molecule has 0 bridgehead atoms. The van der Waals surface area contributed by atoms with E-state index in [1.807, 2.05) is 0 Å². The molecule has 0 fully saturated rings. The van der Waals surface area contributed by atoms with Gasteiger partial charge in [-0.25, -0.2) is 4.98 Å². The number of nitrogens with zero attached hydrogens (tertiary/aromatic N) is 2. The zero-order valence-electron chi connectivity index (χ0n) is 11.5. The minimum atomic E-state index is 0.100. The van der Waals surface area contributed by atoms with Crippen LogP contribution in [0.3, 0.4) is 0 Å². The Morgan fingerprint density at radius 2 is 1.94 bits per heavy atom. The van der Waals surface area contributed by atoms with Gasteiger partial charge in [0.05, 0.1) is 17.2 Å². The summed E-state index contributed by atoms with van der Waals surface area (Å²) in [5, 5.41) is 10.4. The first kappa shape index (κ1) is 14.5. The molecular formula is C13H24N2OS. The van der Waals surface area contributed by atoms with Crippen molar-refractivity contribution < 1.29 is 5.11 Å². The Hall–Kier alpha value is -0.610. The maximum absolute atomic E-state index is 9.33. The molecule has 1 N–H and O–H groups in total. The normalized spacial score (nSPS) is 11.5. The molecule has 0 saturated heterocycles. The third-order valence-electron chi connectivity index (χ3n) is 2.78. The van der Waals surface area contributed by atoms with E-state index in [-0.39, 0.29) is 6.61 Å². The van der Waals surface area contributed by atoms with Gasteiger partial charge in [0, 0.05) is 13.6 Å². The van der Waals surface area contributed by atoms with Crippen LogP contribution in [0.4, 0.5) is 5.13 Å². The fourth-order valence-corrected chi connectivity index (χ4v) is 2.69. The second-order valence-electron chi connectivity index (χ2n) is 5.22. The summed E-state index contributed by atoms with van der Waals surface area (Å²) in [6, 6.07) is 0. The maximum Gasteiger partial charge on any atom is 0.185 e. The molecule has 1 rings (SSSR count). The molecule has 1 heterocycles. The highest BCUT2D eigenvalue weighted by molar-refractivity contribution is 7.15. The van der Waals surface area contributed by atoms with Crippen LogP contribution < -0.4 is 4.90 Å². The van der Waals surface area contributed by atoms with E-state index < -0.39 is 0 Å². The van der Waals surface area contributed by atoms with E-state index in [1.54, 1.807) is 11.3 Å². The third kappa shape index (κ3) is 3.96. The van der Waals surface area contributed by atoms with Crippen molar-refractivity contribution in [2.24, 2.45) is 5.92 Å². The zero-order chi connectivity index (χ0) is 13.0. The van der Waals surface area contributed by atoms with E-state index in [2.05, 4.69) is 44.6 Å². The third-order valence-corrected chi connectivity index (χ3v) is 3.95. The Morgan fingerprint density at radius 3 is 2.35 bits per heavy atom. The first-order valence-corrected chi connectivity index (χ1v) is 7.09. The molecule has 0 saturated carbocycles. The van der Waals surface area contributed by atoms with Crippen LogP contribution >= 0.6 is 11.3 Å². The van der Waals surface area contributed by atoms with E-state index in [0.717, 1.165) is 22.2 Å². The molecule has 1 aromatic rings. The number of hydrogen-bond donors (Lipinski definition) is 1. The SMILES string of the molecule is CC(C)CCN(C)c1nc(C(C)C)c(CO)s1. The molecule has 1 aromatic heterocycles. The summed E-state index contributed by atoms with van der Waals surface area (Å²) in [6.07, 6.45) is 1.17. The van der Waals surface area contributed by atoms with Gasteiger partial charge < -0.3 is 10.0 Å². The number of aromatic nitrogens is 1.